The molecule has 0 aliphatic carbocycles. The third-order valence-corrected chi connectivity index (χ3v) is 4.97. The molecule has 2 aromatic rings. The Morgan fingerprint density at radius 3 is 2.78 bits per heavy atom. The fourth-order valence-electron chi connectivity index (χ4n) is 3.32. The fourth-order valence-corrected chi connectivity index (χ4v) is 3.53. The first kappa shape index (κ1) is 19.4. The van der Waals surface area contributed by atoms with Crippen LogP contribution in [0.1, 0.15) is 46.3 Å². The van der Waals surface area contributed by atoms with Crippen LogP contribution in [0.5, 0.6) is 0 Å². The van der Waals surface area contributed by atoms with E-state index in [9.17, 15) is 9.59 Å². The van der Waals surface area contributed by atoms with E-state index >= 15 is 0 Å². The summed E-state index contributed by atoms with van der Waals surface area (Å²) >= 11 is 5.97. The van der Waals surface area contributed by atoms with Crippen LogP contribution in [0.25, 0.3) is 0 Å². The number of amides is 2. The molecule has 6 heteroatoms. The molecule has 142 valence electrons. The van der Waals surface area contributed by atoms with Gasteiger partial charge in [-0.05, 0) is 55.0 Å². The van der Waals surface area contributed by atoms with Crippen molar-refractivity contribution in [1.29, 1.82) is 0 Å². The Bertz CT molecular complexity index is 825. The Labute approximate surface area is 164 Å². The summed E-state index contributed by atoms with van der Waals surface area (Å²) in [5, 5.41) is 3.53. The van der Waals surface area contributed by atoms with Crippen molar-refractivity contribution in [2.45, 2.75) is 26.2 Å². The molecule has 1 aliphatic heterocycles. The molecular formula is C21H24ClN3O2. The molecule has 5 nitrogen and oxygen atoms in total. The first-order valence-electron chi connectivity index (χ1n) is 9.32. The van der Waals surface area contributed by atoms with Crippen molar-refractivity contribution < 1.29 is 9.59 Å². The lowest BCUT2D eigenvalue weighted by atomic mass is 10.00. The number of likely N-dealkylation sites (tertiary alicyclic amines) is 1. The summed E-state index contributed by atoms with van der Waals surface area (Å²) in [5.74, 6) is 0.120. The minimum atomic E-state index is -0.279. The van der Waals surface area contributed by atoms with Crippen molar-refractivity contribution in [2.75, 3.05) is 19.6 Å². The zero-order valence-corrected chi connectivity index (χ0v) is 16.2. The van der Waals surface area contributed by atoms with Crippen molar-refractivity contribution >= 4 is 23.4 Å². The van der Waals surface area contributed by atoms with E-state index in [1.165, 1.54) is 0 Å². The van der Waals surface area contributed by atoms with Crippen LogP contribution < -0.4 is 5.32 Å². The lowest BCUT2D eigenvalue weighted by Gasteiger charge is -2.30. The molecule has 1 aliphatic rings. The number of carbonyl (C=O) groups is 2. The van der Waals surface area contributed by atoms with Crippen LogP contribution in [0, 0.1) is 5.92 Å². The predicted molar refractivity (Wildman–Crippen MR) is 106 cm³/mol. The maximum Gasteiger partial charge on any atom is 0.272 e. The third kappa shape index (κ3) is 5.30. The lowest BCUT2D eigenvalue weighted by Crippen LogP contribution is -2.39. The van der Waals surface area contributed by atoms with E-state index in [0.29, 0.717) is 29.6 Å². The monoisotopic (exact) mass is 385 g/mol. The molecule has 1 N–H and O–H groups in total. The zero-order valence-electron chi connectivity index (χ0n) is 15.5. The molecule has 0 saturated carbocycles. The minimum absolute atomic E-state index is 0.102. The summed E-state index contributed by atoms with van der Waals surface area (Å²) in [7, 11) is 0. The van der Waals surface area contributed by atoms with E-state index in [0.717, 1.165) is 31.5 Å². The maximum atomic E-state index is 12.7. The summed E-state index contributed by atoms with van der Waals surface area (Å²) in [5.41, 5.74) is 1.64. The number of carbonyl (C=O) groups excluding carboxylic acids is 2. The van der Waals surface area contributed by atoms with Gasteiger partial charge < -0.3 is 10.2 Å². The minimum Gasteiger partial charge on any atom is -0.350 e. The molecule has 2 amide bonds. The highest BCUT2D eigenvalue weighted by molar-refractivity contribution is 6.30. The van der Waals surface area contributed by atoms with E-state index in [1.54, 1.807) is 18.2 Å². The molecule has 1 unspecified atom stereocenters. The van der Waals surface area contributed by atoms with Gasteiger partial charge in [-0.3, -0.25) is 9.59 Å². The fraction of sp³-hybridized carbons (Fsp3) is 0.381. The number of aromatic nitrogens is 1. The molecule has 1 aromatic heterocycles. The molecule has 0 spiro atoms. The molecule has 1 atom stereocenters. The van der Waals surface area contributed by atoms with Gasteiger partial charge in [0.1, 0.15) is 11.4 Å². The Morgan fingerprint density at radius 1 is 1.22 bits per heavy atom. The highest BCUT2D eigenvalue weighted by atomic mass is 35.5. The molecule has 0 radical (unpaired) electrons. The molecule has 0 bridgehead atoms. The largest absolute Gasteiger partial charge is 0.350 e. The van der Waals surface area contributed by atoms with Gasteiger partial charge >= 0.3 is 0 Å². The molecular weight excluding hydrogens is 362 g/mol. The lowest BCUT2D eigenvalue weighted by molar-refractivity contribution is 0.0677. The SMILES string of the molecule is CC1CCCN(C(=O)c2cccc(C(=O)NCCc3cccc(Cl)c3)n2)C1. The third-order valence-electron chi connectivity index (χ3n) is 4.73. The summed E-state index contributed by atoms with van der Waals surface area (Å²) in [4.78, 5) is 31.2. The first-order valence-corrected chi connectivity index (χ1v) is 9.69. The summed E-state index contributed by atoms with van der Waals surface area (Å²) < 4.78 is 0. The number of nitrogens with zero attached hydrogens (tertiary/aromatic N) is 2. The molecule has 1 fully saturated rings. The molecule has 2 heterocycles. The molecule has 27 heavy (non-hydrogen) atoms. The van der Waals surface area contributed by atoms with Gasteiger partial charge in [0.2, 0.25) is 0 Å². The number of hydrogen-bond acceptors (Lipinski definition) is 3. The Kier molecular flexibility index (Phi) is 6.45. The number of piperidine rings is 1. The molecule has 3 rings (SSSR count). The van der Waals surface area contributed by atoms with Crippen LogP contribution in [-0.2, 0) is 6.42 Å². The van der Waals surface area contributed by atoms with Crippen LogP contribution in [-0.4, -0.2) is 41.3 Å². The van der Waals surface area contributed by atoms with Gasteiger partial charge in [0.05, 0.1) is 0 Å². The Hall–Kier alpha value is -2.40. The smallest absolute Gasteiger partial charge is 0.272 e. The predicted octanol–water partition coefficient (Wildman–Crippen LogP) is 3.58. The number of hydrogen-bond donors (Lipinski definition) is 1. The van der Waals surface area contributed by atoms with Crippen LogP contribution in [0.2, 0.25) is 5.02 Å². The Balaban J connectivity index is 1.59. The topological polar surface area (TPSA) is 62.3 Å². The molecule has 1 aromatic carbocycles. The van der Waals surface area contributed by atoms with Crippen molar-refractivity contribution in [3.05, 3.63) is 64.4 Å². The summed E-state index contributed by atoms with van der Waals surface area (Å²) in [6, 6.07) is 12.6. The number of halogens is 1. The number of benzene rings is 1. The van der Waals surface area contributed by atoms with Gasteiger partial charge in [0, 0.05) is 24.7 Å². The van der Waals surface area contributed by atoms with E-state index in [4.69, 9.17) is 11.6 Å². The van der Waals surface area contributed by atoms with Crippen LogP contribution in [0.4, 0.5) is 0 Å². The normalized spacial score (nSPS) is 16.8. The standard InChI is InChI=1S/C21H24ClN3O2/c1-15-5-4-12-25(14-15)21(27)19-9-3-8-18(24-19)20(26)23-11-10-16-6-2-7-17(22)13-16/h2-3,6-9,13,15H,4-5,10-12,14H2,1H3,(H,23,26). The van der Waals surface area contributed by atoms with Crippen LogP contribution >= 0.6 is 11.6 Å². The van der Waals surface area contributed by atoms with E-state index in [-0.39, 0.29) is 17.5 Å². The number of rotatable bonds is 5. The van der Waals surface area contributed by atoms with Gasteiger partial charge in [-0.15, -0.1) is 0 Å². The average Bonchev–Trinajstić information content (AvgIpc) is 2.67. The highest BCUT2D eigenvalue weighted by Crippen LogP contribution is 2.17. The van der Waals surface area contributed by atoms with Crippen molar-refractivity contribution in [3.63, 3.8) is 0 Å². The van der Waals surface area contributed by atoms with Gasteiger partial charge in [-0.25, -0.2) is 4.98 Å². The Morgan fingerprint density at radius 2 is 2.00 bits per heavy atom. The second-order valence-electron chi connectivity index (χ2n) is 7.04. The highest BCUT2D eigenvalue weighted by Gasteiger charge is 2.23. The van der Waals surface area contributed by atoms with Crippen molar-refractivity contribution in [1.82, 2.24) is 15.2 Å². The van der Waals surface area contributed by atoms with Gasteiger partial charge in [0.25, 0.3) is 11.8 Å². The van der Waals surface area contributed by atoms with E-state index in [2.05, 4.69) is 17.2 Å². The van der Waals surface area contributed by atoms with Crippen molar-refractivity contribution in [3.8, 4) is 0 Å². The second-order valence-corrected chi connectivity index (χ2v) is 7.48. The number of nitrogens with one attached hydrogen (secondary N) is 1. The average molecular weight is 386 g/mol. The van der Waals surface area contributed by atoms with Crippen LogP contribution in [0.15, 0.2) is 42.5 Å². The summed E-state index contributed by atoms with van der Waals surface area (Å²) in [6.07, 6.45) is 2.83. The maximum absolute atomic E-state index is 12.7. The number of pyridine rings is 1. The van der Waals surface area contributed by atoms with Gasteiger partial charge in [0.15, 0.2) is 0 Å². The summed E-state index contributed by atoms with van der Waals surface area (Å²) in [6.45, 7) is 4.12. The van der Waals surface area contributed by atoms with E-state index < -0.39 is 0 Å². The van der Waals surface area contributed by atoms with Gasteiger partial charge in [-0.1, -0.05) is 36.7 Å². The van der Waals surface area contributed by atoms with E-state index in [1.807, 2.05) is 29.2 Å². The van der Waals surface area contributed by atoms with Crippen molar-refractivity contribution in [2.24, 2.45) is 5.92 Å². The van der Waals surface area contributed by atoms with Gasteiger partial charge in [-0.2, -0.15) is 0 Å². The second kappa shape index (κ2) is 9.00. The van der Waals surface area contributed by atoms with Crippen LogP contribution in [0.3, 0.4) is 0 Å². The first-order chi connectivity index (χ1) is 13.0. The quantitative estimate of drug-likeness (QED) is 0.855. The zero-order chi connectivity index (χ0) is 19.2. The molecule has 1 saturated heterocycles.